The highest BCUT2D eigenvalue weighted by molar-refractivity contribution is 8.00. The van der Waals surface area contributed by atoms with Crippen molar-refractivity contribution in [3.63, 3.8) is 0 Å². The lowest BCUT2D eigenvalue weighted by Crippen LogP contribution is -2.25. The molecule has 0 aromatic carbocycles. The second-order valence-corrected chi connectivity index (χ2v) is 7.59. The third kappa shape index (κ3) is 5.82. The molecule has 1 nitrogen and oxygen atoms in total. The first-order valence-corrected chi connectivity index (χ1v) is 7.29. The average molecular weight is 230 g/mol. The minimum atomic E-state index is -0.0766. The standard InChI is InChI=1S/C13H26OS/c1-13(2,3)15-10-12(14)11-8-6-4-5-7-9-11/h11-12,14H,4-10H2,1-3H3. The maximum atomic E-state index is 10.1. The van der Waals surface area contributed by atoms with Crippen LogP contribution in [0.15, 0.2) is 0 Å². The fraction of sp³-hybridized carbons (Fsp3) is 1.00. The molecule has 0 aliphatic heterocycles. The molecule has 1 atom stereocenters. The van der Waals surface area contributed by atoms with E-state index in [0.717, 1.165) is 5.75 Å². The highest BCUT2D eigenvalue weighted by Gasteiger charge is 2.22. The van der Waals surface area contributed by atoms with E-state index in [0.29, 0.717) is 5.92 Å². The Hall–Kier alpha value is 0.310. The molecule has 0 spiro atoms. The van der Waals surface area contributed by atoms with Crippen molar-refractivity contribution in [2.75, 3.05) is 5.75 Å². The quantitative estimate of drug-likeness (QED) is 0.743. The first-order valence-electron chi connectivity index (χ1n) is 6.31. The van der Waals surface area contributed by atoms with Crippen LogP contribution in [0.3, 0.4) is 0 Å². The Morgan fingerprint density at radius 3 is 2.13 bits per heavy atom. The van der Waals surface area contributed by atoms with Crippen LogP contribution in [0.2, 0.25) is 0 Å². The van der Waals surface area contributed by atoms with E-state index in [1.807, 2.05) is 11.8 Å². The second kappa shape index (κ2) is 6.15. The maximum absolute atomic E-state index is 10.1. The van der Waals surface area contributed by atoms with Gasteiger partial charge in [-0.25, -0.2) is 0 Å². The Morgan fingerprint density at radius 2 is 1.67 bits per heavy atom. The van der Waals surface area contributed by atoms with E-state index in [9.17, 15) is 5.11 Å². The van der Waals surface area contributed by atoms with E-state index in [1.54, 1.807) is 0 Å². The van der Waals surface area contributed by atoms with Crippen LogP contribution in [0.4, 0.5) is 0 Å². The number of aliphatic hydroxyl groups is 1. The third-order valence-electron chi connectivity index (χ3n) is 3.13. The van der Waals surface area contributed by atoms with E-state index < -0.39 is 0 Å². The third-order valence-corrected chi connectivity index (χ3v) is 4.51. The van der Waals surface area contributed by atoms with E-state index in [2.05, 4.69) is 20.8 Å². The fourth-order valence-corrected chi connectivity index (χ4v) is 3.11. The molecular weight excluding hydrogens is 204 g/mol. The lowest BCUT2D eigenvalue weighted by molar-refractivity contribution is 0.120. The smallest absolute Gasteiger partial charge is 0.0658 e. The van der Waals surface area contributed by atoms with Gasteiger partial charge in [-0.15, -0.1) is 0 Å². The molecule has 0 aromatic heterocycles. The van der Waals surface area contributed by atoms with Gasteiger partial charge in [-0.05, 0) is 18.8 Å². The number of thioether (sulfide) groups is 1. The average Bonchev–Trinajstić information content (AvgIpc) is 2.41. The highest BCUT2D eigenvalue weighted by atomic mass is 32.2. The summed E-state index contributed by atoms with van der Waals surface area (Å²) in [6.45, 7) is 6.66. The highest BCUT2D eigenvalue weighted by Crippen LogP contribution is 2.30. The summed E-state index contributed by atoms with van der Waals surface area (Å²) in [5.74, 6) is 1.48. The van der Waals surface area contributed by atoms with Crippen LogP contribution in [-0.2, 0) is 0 Å². The van der Waals surface area contributed by atoms with Gasteiger partial charge in [0.25, 0.3) is 0 Å². The molecular formula is C13H26OS. The van der Waals surface area contributed by atoms with Crippen LogP contribution in [-0.4, -0.2) is 21.7 Å². The molecule has 1 fully saturated rings. The molecule has 0 aromatic rings. The summed E-state index contributed by atoms with van der Waals surface area (Å²) in [6.07, 6.45) is 7.79. The number of aliphatic hydroxyl groups excluding tert-OH is 1. The van der Waals surface area contributed by atoms with E-state index in [4.69, 9.17) is 0 Å². The predicted molar refractivity (Wildman–Crippen MR) is 69.4 cm³/mol. The summed E-state index contributed by atoms with van der Waals surface area (Å²) >= 11 is 1.89. The van der Waals surface area contributed by atoms with Gasteiger partial charge in [0.2, 0.25) is 0 Å². The van der Waals surface area contributed by atoms with E-state index >= 15 is 0 Å². The summed E-state index contributed by atoms with van der Waals surface area (Å²) in [4.78, 5) is 0. The molecule has 0 heterocycles. The normalized spacial score (nSPS) is 22.4. The summed E-state index contributed by atoms with van der Waals surface area (Å²) in [7, 11) is 0. The van der Waals surface area contributed by atoms with Crippen molar-refractivity contribution in [3.05, 3.63) is 0 Å². The van der Waals surface area contributed by atoms with Gasteiger partial charge in [0.15, 0.2) is 0 Å². The molecule has 0 saturated heterocycles. The number of rotatable bonds is 3. The zero-order valence-electron chi connectivity index (χ0n) is 10.5. The van der Waals surface area contributed by atoms with Crippen molar-refractivity contribution in [1.29, 1.82) is 0 Å². The van der Waals surface area contributed by atoms with Crippen LogP contribution in [0.5, 0.6) is 0 Å². The Bertz CT molecular complexity index is 166. The predicted octanol–water partition coefficient (Wildman–Crippen LogP) is 3.85. The maximum Gasteiger partial charge on any atom is 0.0658 e. The van der Waals surface area contributed by atoms with Gasteiger partial charge < -0.3 is 5.11 Å². The van der Waals surface area contributed by atoms with Gasteiger partial charge in [0, 0.05) is 10.5 Å². The van der Waals surface area contributed by atoms with Crippen molar-refractivity contribution in [1.82, 2.24) is 0 Å². The van der Waals surface area contributed by atoms with Gasteiger partial charge in [-0.3, -0.25) is 0 Å². The molecule has 1 N–H and O–H groups in total. The molecule has 0 amide bonds. The summed E-state index contributed by atoms with van der Waals surface area (Å²) in [5, 5.41) is 10.1. The molecule has 0 bridgehead atoms. The first kappa shape index (κ1) is 13.4. The monoisotopic (exact) mass is 230 g/mol. The van der Waals surface area contributed by atoms with Crippen molar-refractivity contribution in [2.24, 2.45) is 5.92 Å². The summed E-state index contributed by atoms with van der Waals surface area (Å²) in [5.41, 5.74) is 0. The zero-order chi connectivity index (χ0) is 11.3. The fourth-order valence-electron chi connectivity index (χ4n) is 2.17. The molecule has 90 valence electrons. The van der Waals surface area contributed by atoms with Crippen molar-refractivity contribution >= 4 is 11.8 Å². The zero-order valence-corrected chi connectivity index (χ0v) is 11.3. The van der Waals surface area contributed by atoms with Gasteiger partial charge >= 0.3 is 0 Å². The first-order chi connectivity index (χ1) is 6.99. The number of hydrogen-bond donors (Lipinski definition) is 1. The summed E-state index contributed by atoms with van der Waals surface area (Å²) < 4.78 is 0.283. The molecule has 1 unspecified atom stereocenters. The Morgan fingerprint density at radius 1 is 1.13 bits per heavy atom. The lowest BCUT2D eigenvalue weighted by Gasteiger charge is -2.25. The minimum absolute atomic E-state index is 0.0766. The molecule has 1 rings (SSSR count). The Kier molecular flexibility index (Phi) is 5.48. The summed E-state index contributed by atoms with van der Waals surface area (Å²) in [6, 6.07) is 0. The minimum Gasteiger partial charge on any atom is -0.392 e. The van der Waals surface area contributed by atoms with Crippen LogP contribution in [0.25, 0.3) is 0 Å². The van der Waals surface area contributed by atoms with Crippen molar-refractivity contribution < 1.29 is 5.11 Å². The van der Waals surface area contributed by atoms with Crippen molar-refractivity contribution in [2.45, 2.75) is 70.1 Å². The molecule has 1 aliphatic carbocycles. The van der Waals surface area contributed by atoms with Crippen molar-refractivity contribution in [3.8, 4) is 0 Å². The van der Waals surface area contributed by atoms with Crippen LogP contribution in [0, 0.1) is 5.92 Å². The second-order valence-electron chi connectivity index (χ2n) is 5.74. The molecule has 0 radical (unpaired) electrons. The molecule has 1 aliphatic rings. The topological polar surface area (TPSA) is 20.2 Å². The Labute approximate surface area is 99.0 Å². The largest absolute Gasteiger partial charge is 0.392 e. The van der Waals surface area contributed by atoms with Gasteiger partial charge in [0.05, 0.1) is 6.10 Å². The van der Waals surface area contributed by atoms with Gasteiger partial charge in [-0.2, -0.15) is 11.8 Å². The molecule has 1 saturated carbocycles. The van der Waals surface area contributed by atoms with E-state index in [1.165, 1.54) is 38.5 Å². The van der Waals surface area contributed by atoms with Crippen LogP contribution < -0.4 is 0 Å². The molecule has 15 heavy (non-hydrogen) atoms. The number of hydrogen-bond acceptors (Lipinski definition) is 2. The lowest BCUT2D eigenvalue weighted by atomic mass is 9.95. The molecule has 2 heteroatoms. The Balaban J connectivity index is 2.28. The SMILES string of the molecule is CC(C)(C)SCC(O)C1CCCCCC1. The van der Waals surface area contributed by atoms with E-state index in [-0.39, 0.29) is 10.9 Å². The van der Waals surface area contributed by atoms with Gasteiger partial charge in [-0.1, -0.05) is 46.5 Å². The van der Waals surface area contributed by atoms with Gasteiger partial charge in [0.1, 0.15) is 0 Å². The van der Waals surface area contributed by atoms with Crippen LogP contribution in [0.1, 0.15) is 59.3 Å². The van der Waals surface area contributed by atoms with Crippen LogP contribution >= 0.6 is 11.8 Å².